The molecule has 1 aromatic rings. The first-order valence-electron chi connectivity index (χ1n) is 6.59. The number of benzene rings is 1. The molecular formula is C14H17N3O5S. The second kappa shape index (κ2) is 8.14. The highest BCUT2D eigenvalue weighted by Gasteiger charge is 2.17. The molecule has 1 aromatic carbocycles. The van der Waals surface area contributed by atoms with E-state index in [0.717, 1.165) is 6.26 Å². The Labute approximate surface area is 134 Å². The maximum atomic E-state index is 12.0. The molecule has 1 N–H and O–H groups in total. The average Bonchev–Trinajstić information content (AvgIpc) is 2.48. The summed E-state index contributed by atoms with van der Waals surface area (Å²) in [4.78, 5) is 25.0. The van der Waals surface area contributed by atoms with Gasteiger partial charge in [-0.05, 0) is 12.1 Å². The predicted octanol–water partition coefficient (Wildman–Crippen LogP) is 0.587. The molecule has 23 heavy (non-hydrogen) atoms. The number of ether oxygens (including phenoxy) is 1. The molecule has 0 unspecified atom stereocenters. The number of carbonyl (C=O) groups excluding carboxylic acids is 2. The van der Waals surface area contributed by atoms with Crippen LogP contribution in [-0.4, -0.2) is 51.6 Å². The van der Waals surface area contributed by atoms with Crippen LogP contribution in [0.3, 0.4) is 0 Å². The summed E-state index contributed by atoms with van der Waals surface area (Å²) in [7, 11) is -2.06. The summed E-state index contributed by atoms with van der Waals surface area (Å²) in [5, 5.41) is 8.46. The monoisotopic (exact) mass is 339 g/mol. The highest BCUT2D eigenvalue weighted by Crippen LogP contribution is 2.17. The number of likely N-dealkylation sites (N-methyl/N-ethyl adjacent to an activating group) is 1. The van der Waals surface area contributed by atoms with Crippen LogP contribution in [0.1, 0.15) is 16.8 Å². The molecule has 1 amide bonds. The van der Waals surface area contributed by atoms with Gasteiger partial charge in [-0.15, -0.1) is 0 Å². The summed E-state index contributed by atoms with van der Waals surface area (Å²) in [6, 6.07) is 7.82. The predicted molar refractivity (Wildman–Crippen MR) is 83.1 cm³/mol. The van der Waals surface area contributed by atoms with Crippen molar-refractivity contribution >= 4 is 27.6 Å². The molecule has 0 atom stereocenters. The number of esters is 1. The van der Waals surface area contributed by atoms with Crippen molar-refractivity contribution in [2.75, 3.05) is 31.2 Å². The summed E-state index contributed by atoms with van der Waals surface area (Å²) in [5.41, 5.74) is 0.0793. The van der Waals surface area contributed by atoms with Gasteiger partial charge in [0.25, 0.3) is 5.91 Å². The zero-order valence-corrected chi connectivity index (χ0v) is 13.6. The van der Waals surface area contributed by atoms with Gasteiger partial charge in [-0.2, -0.15) is 5.26 Å². The van der Waals surface area contributed by atoms with Crippen molar-refractivity contribution in [2.24, 2.45) is 0 Å². The van der Waals surface area contributed by atoms with E-state index in [-0.39, 0.29) is 24.2 Å². The SMILES string of the molecule is CN(CCC#N)C(=O)COC(=O)c1ccccc1NS(C)(=O)=O. The van der Waals surface area contributed by atoms with Crippen LogP contribution in [0.2, 0.25) is 0 Å². The van der Waals surface area contributed by atoms with Crippen molar-refractivity contribution in [3.63, 3.8) is 0 Å². The highest BCUT2D eigenvalue weighted by molar-refractivity contribution is 7.92. The fraction of sp³-hybridized carbons (Fsp3) is 0.357. The molecule has 0 aliphatic carbocycles. The Balaban J connectivity index is 2.72. The fourth-order valence-electron chi connectivity index (χ4n) is 1.61. The zero-order chi connectivity index (χ0) is 17.5. The van der Waals surface area contributed by atoms with Gasteiger partial charge in [0.1, 0.15) is 0 Å². The van der Waals surface area contributed by atoms with E-state index in [1.807, 2.05) is 6.07 Å². The molecule has 0 bridgehead atoms. The Morgan fingerprint density at radius 3 is 2.61 bits per heavy atom. The lowest BCUT2D eigenvalue weighted by Crippen LogP contribution is -2.32. The largest absolute Gasteiger partial charge is 0.452 e. The lowest BCUT2D eigenvalue weighted by atomic mass is 10.2. The number of anilines is 1. The molecule has 0 aliphatic rings. The van der Waals surface area contributed by atoms with Crippen molar-refractivity contribution in [2.45, 2.75) is 6.42 Å². The number of nitrogens with zero attached hydrogens (tertiary/aromatic N) is 2. The smallest absolute Gasteiger partial charge is 0.340 e. The molecule has 124 valence electrons. The minimum atomic E-state index is -3.55. The topological polar surface area (TPSA) is 117 Å². The number of nitriles is 1. The fourth-order valence-corrected chi connectivity index (χ4v) is 2.18. The summed E-state index contributed by atoms with van der Waals surface area (Å²) in [6.07, 6.45) is 1.14. The molecule has 0 fully saturated rings. The van der Waals surface area contributed by atoms with Crippen LogP contribution in [0.25, 0.3) is 0 Å². The summed E-state index contributed by atoms with van der Waals surface area (Å²) in [5.74, 6) is -1.28. The van der Waals surface area contributed by atoms with Crippen LogP contribution < -0.4 is 4.72 Å². The van der Waals surface area contributed by atoms with Gasteiger partial charge in [-0.3, -0.25) is 9.52 Å². The Kier molecular flexibility index (Phi) is 6.53. The number of rotatable bonds is 7. The highest BCUT2D eigenvalue weighted by atomic mass is 32.2. The van der Waals surface area contributed by atoms with E-state index in [9.17, 15) is 18.0 Å². The maximum absolute atomic E-state index is 12.0. The first kappa shape index (κ1) is 18.4. The lowest BCUT2D eigenvalue weighted by Gasteiger charge is -2.15. The van der Waals surface area contributed by atoms with E-state index in [0.29, 0.717) is 0 Å². The van der Waals surface area contributed by atoms with E-state index in [1.54, 1.807) is 12.1 Å². The molecule has 0 heterocycles. The molecule has 0 aliphatic heterocycles. The third-order valence-electron chi connectivity index (χ3n) is 2.75. The number of sulfonamides is 1. The minimum absolute atomic E-state index is 0.00500. The minimum Gasteiger partial charge on any atom is -0.452 e. The summed E-state index contributed by atoms with van der Waals surface area (Å²) < 4.78 is 29.7. The number of nitrogens with one attached hydrogen (secondary N) is 1. The van der Waals surface area contributed by atoms with E-state index < -0.39 is 28.5 Å². The Morgan fingerprint density at radius 1 is 1.35 bits per heavy atom. The molecule has 0 spiro atoms. The van der Waals surface area contributed by atoms with Crippen molar-refractivity contribution < 1.29 is 22.7 Å². The van der Waals surface area contributed by atoms with Gasteiger partial charge < -0.3 is 9.64 Å². The van der Waals surface area contributed by atoms with Crippen molar-refractivity contribution in [1.29, 1.82) is 5.26 Å². The van der Waals surface area contributed by atoms with Crippen molar-refractivity contribution in [3.8, 4) is 6.07 Å². The number of para-hydroxylation sites is 1. The number of hydrogen-bond donors (Lipinski definition) is 1. The van der Waals surface area contributed by atoms with Gasteiger partial charge in [0, 0.05) is 13.6 Å². The molecule has 9 heteroatoms. The molecule has 0 saturated heterocycles. The van der Waals surface area contributed by atoms with Crippen LogP contribution in [0.4, 0.5) is 5.69 Å². The first-order chi connectivity index (χ1) is 10.7. The van der Waals surface area contributed by atoms with E-state index >= 15 is 0 Å². The van der Waals surface area contributed by atoms with Crippen LogP contribution in [0, 0.1) is 11.3 Å². The molecule has 1 rings (SSSR count). The molecule has 8 nitrogen and oxygen atoms in total. The third kappa shape index (κ3) is 6.36. The van der Waals surface area contributed by atoms with Crippen LogP contribution in [0.15, 0.2) is 24.3 Å². The second-order valence-electron chi connectivity index (χ2n) is 4.72. The van der Waals surface area contributed by atoms with Gasteiger partial charge in [0.2, 0.25) is 10.0 Å². The average molecular weight is 339 g/mol. The van der Waals surface area contributed by atoms with E-state index in [1.165, 1.54) is 24.1 Å². The van der Waals surface area contributed by atoms with Gasteiger partial charge in [0.05, 0.1) is 30.0 Å². The number of carbonyl (C=O) groups is 2. The molecular weight excluding hydrogens is 322 g/mol. The molecule has 0 radical (unpaired) electrons. The first-order valence-corrected chi connectivity index (χ1v) is 8.48. The van der Waals surface area contributed by atoms with Crippen molar-refractivity contribution in [1.82, 2.24) is 4.90 Å². The Hall–Kier alpha value is -2.60. The molecule has 0 aromatic heterocycles. The zero-order valence-electron chi connectivity index (χ0n) is 12.8. The van der Waals surface area contributed by atoms with Gasteiger partial charge in [-0.25, -0.2) is 13.2 Å². The maximum Gasteiger partial charge on any atom is 0.340 e. The second-order valence-corrected chi connectivity index (χ2v) is 6.47. The van der Waals surface area contributed by atoms with Crippen LogP contribution in [0.5, 0.6) is 0 Å². The van der Waals surface area contributed by atoms with Gasteiger partial charge >= 0.3 is 5.97 Å². The number of hydrogen-bond acceptors (Lipinski definition) is 6. The number of amides is 1. The van der Waals surface area contributed by atoms with E-state index in [4.69, 9.17) is 10.00 Å². The van der Waals surface area contributed by atoms with E-state index in [2.05, 4.69) is 4.72 Å². The summed E-state index contributed by atoms with van der Waals surface area (Å²) in [6.45, 7) is -0.257. The Morgan fingerprint density at radius 2 is 2.00 bits per heavy atom. The normalized spacial score (nSPS) is 10.5. The lowest BCUT2D eigenvalue weighted by molar-refractivity contribution is -0.133. The van der Waals surface area contributed by atoms with Gasteiger partial charge in [0.15, 0.2) is 6.61 Å². The van der Waals surface area contributed by atoms with Crippen LogP contribution >= 0.6 is 0 Å². The third-order valence-corrected chi connectivity index (χ3v) is 3.34. The van der Waals surface area contributed by atoms with Crippen LogP contribution in [-0.2, 0) is 19.6 Å². The standard InChI is InChI=1S/C14H17N3O5S/c1-17(9-5-8-15)13(18)10-22-14(19)11-6-3-4-7-12(11)16-23(2,20)21/h3-4,6-7,16H,5,9-10H2,1-2H3. The quantitative estimate of drug-likeness (QED) is 0.727. The molecule has 0 saturated carbocycles. The Bertz CT molecular complexity index is 724. The summed E-state index contributed by atoms with van der Waals surface area (Å²) >= 11 is 0. The van der Waals surface area contributed by atoms with Gasteiger partial charge in [-0.1, -0.05) is 12.1 Å². The van der Waals surface area contributed by atoms with Crippen molar-refractivity contribution in [3.05, 3.63) is 29.8 Å².